The number of hydrogen-bond acceptors (Lipinski definition) is 8. The maximum atomic E-state index is 13.0. The first kappa shape index (κ1) is 20.2. The number of nitrogens with zero attached hydrogens (tertiary/aromatic N) is 5. The molecule has 5 N–H and O–H groups in total. The first-order valence-corrected chi connectivity index (χ1v) is 10.9. The number of nitriles is 1. The highest BCUT2D eigenvalue weighted by atomic mass is 16.2. The van der Waals surface area contributed by atoms with Gasteiger partial charge in [0.05, 0.1) is 11.9 Å². The molecule has 0 bridgehead atoms. The van der Waals surface area contributed by atoms with Crippen molar-refractivity contribution in [3.63, 3.8) is 0 Å². The Morgan fingerprint density at radius 2 is 1.84 bits per heavy atom. The Bertz CT molecular complexity index is 1190. The highest BCUT2D eigenvalue weighted by molar-refractivity contribution is 6.03. The number of imidazole rings is 1. The summed E-state index contributed by atoms with van der Waals surface area (Å²) >= 11 is 0. The molecule has 2 aliphatic carbocycles. The molecule has 0 spiro atoms. The zero-order valence-electron chi connectivity index (χ0n) is 17.6. The molecule has 0 aliphatic heterocycles. The van der Waals surface area contributed by atoms with Crippen molar-refractivity contribution < 1.29 is 4.79 Å². The van der Waals surface area contributed by atoms with E-state index in [1.807, 2.05) is 12.1 Å². The quantitative estimate of drug-likeness (QED) is 0.466. The lowest BCUT2D eigenvalue weighted by Crippen LogP contribution is -2.33. The SMILES string of the molecule is N#Cc1cc(NC(=O)c2cnc3c(NC4CC4)cc(N[C@H]4CC[C@H](N)CC4)nn23)ccn1. The first-order valence-electron chi connectivity index (χ1n) is 10.9. The zero-order valence-corrected chi connectivity index (χ0v) is 17.6. The second kappa shape index (κ2) is 8.43. The molecule has 10 heteroatoms. The standard InChI is InChI=1S/C22H25N9O/c23-11-17-9-16(7-8-25-17)29-22(32)19-12-26-21-18(27-14-5-6-14)10-20(30-31(19)21)28-15-3-1-13(24)2-4-15/h7-10,12-15,27H,1-6,24H2,(H,28,30)(H,25,29,32)/t13-,15-. The molecule has 0 atom stereocenters. The van der Waals surface area contributed by atoms with Crippen LogP contribution in [-0.2, 0) is 0 Å². The van der Waals surface area contributed by atoms with Crippen molar-refractivity contribution >= 4 is 28.7 Å². The summed E-state index contributed by atoms with van der Waals surface area (Å²) in [7, 11) is 0. The minimum Gasteiger partial charge on any atom is -0.379 e. The summed E-state index contributed by atoms with van der Waals surface area (Å²) in [6.07, 6.45) is 9.21. The van der Waals surface area contributed by atoms with Gasteiger partial charge < -0.3 is 21.7 Å². The number of rotatable bonds is 6. The average Bonchev–Trinajstić information content (AvgIpc) is 3.50. The van der Waals surface area contributed by atoms with E-state index in [4.69, 9.17) is 11.0 Å². The van der Waals surface area contributed by atoms with Gasteiger partial charge >= 0.3 is 0 Å². The van der Waals surface area contributed by atoms with Crippen LogP contribution in [0.2, 0.25) is 0 Å². The third-order valence-electron chi connectivity index (χ3n) is 5.89. The number of aromatic nitrogens is 4. The van der Waals surface area contributed by atoms with E-state index in [9.17, 15) is 4.79 Å². The number of carbonyl (C=O) groups excluding carboxylic acids is 1. The maximum absolute atomic E-state index is 13.0. The number of fused-ring (bicyclic) bond motifs is 1. The molecular weight excluding hydrogens is 406 g/mol. The summed E-state index contributed by atoms with van der Waals surface area (Å²) in [5.74, 6) is 0.335. The molecule has 0 radical (unpaired) electrons. The van der Waals surface area contributed by atoms with Crippen molar-refractivity contribution in [2.75, 3.05) is 16.0 Å². The molecule has 1 amide bonds. The van der Waals surface area contributed by atoms with Gasteiger partial charge in [0.1, 0.15) is 17.6 Å². The highest BCUT2D eigenvalue weighted by Gasteiger charge is 2.25. The average molecular weight is 432 g/mol. The second-order valence-corrected chi connectivity index (χ2v) is 8.49. The van der Waals surface area contributed by atoms with E-state index >= 15 is 0 Å². The van der Waals surface area contributed by atoms with E-state index in [1.165, 1.54) is 18.5 Å². The minimum absolute atomic E-state index is 0.230. The van der Waals surface area contributed by atoms with Crippen molar-refractivity contribution in [1.82, 2.24) is 19.6 Å². The third kappa shape index (κ3) is 4.33. The molecule has 0 saturated heterocycles. The molecule has 10 nitrogen and oxygen atoms in total. The molecule has 2 saturated carbocycles. The molecule has 2 aliphatic rings. The number of carbonyl (C=O) groups is 1. The van der Waals surface area contributed by atoms with Crippen LogP contribution >= 0.6 is 0 Å². The van der Waals surface area contributed by atoms with Gasteiger partial charge in [-0.2, -0.15) is 5.26 Å². The van der Waals surface area contributed by atoms with Crippen molar-refractivity contribution in [3.05, 3.63) is 42.0 Å². The van der Waals surface area contributed by atoms with Crippen LogP contribution in [0.4, 0.5) is 17.2 Å². The van der Waals surface area contributed by atoms with Crippen LogP contribution in [0.5, 0.6) is 0 Å². The lowest BCUT2D eigenvalue weighted by Gasteiger charge is -2.27. The van der Waals surface area contributed by atoms with Crippen LogP contribution in [-0.4, -0.2) is 43.6 Å². The Kier molecular flexibility index (Phi) is 5.33. The number of hydrogen-bond donors (Lipinski definition) is 4. The molecule has 32 heavy (non-hydrogen) atoms. The van der Waals surface area contributed by atoms with Crippen molar-refractivity contribution in [3.8, 4) is 6.07 Å². The van der Waals surface area contributed by atoms with Gasteiger partial charge in [0.15, 0.2) is 11.3 Å². The fraction of sp³-hybridized carbons (Fsp3) is 0.409. The normalized spacial score (nSPS) is 20.5. The first-order chi connectivity index (χ1) is 15.6. The molecular formula is C22H25N9O. The number of nitrogens with two attached hydrogens (primary N) is 1. The van der Waals surface area contributed by atoms with E-state index in [0.717, 1.165) is 44.2 Å². The summed E-state index contributed by atoms with van der Waals surface area (Å²) in [6.45, 7) is 0. The topological polar surface area (TPSA) is 146 Å². The van der Waals surface area contributed by atoms with Crippen LogP contribution in [0.3, 0.4) is 0 Å². The maximum Gasteiger partial charge on any atom is 0.276 e. The zero-order chi connectivity index (χ0) is 22.1. The largest absolute Gasteiger partial charge is 0.379 e. The van der Waals surface area contributed by atoms with Crippen molar-refractivity contribution in [2.24, 2.45) is 5.73 Å². The van der Waals surface area contributed by atoms with Crippen molar-refractivity contribution in [1.29, 1.82) is 5.26 Å². The number of pyridine rings is 1. The lowest BCUT2D eigenvalue weighted by atomic mass is 9.92. The van der Waals surface area contributed by atoms with Gasteiger partial charge in [-0.05, 0) is 50.7 Å². The Morgan fingerprint density at radius 3 is 2.59 bits per heavy atom. The van der Waals surface area contributed by atoms with Gasteiger partial charge in [-0.3, -0.25) is 4.79 Å². The van der Waals surface area contributed by atoms with E-state index in [0.29, 0.717) is 34.9 Å². The molecule has 5 rings (SSSR count). The van der Waals surface area contributed by atoms with Crippen LogP contribution in [0.15, 0.2) is 30.6 Å². The van der Waals surface area contributed by atoms with Crippen molar-refractivity contribution in [2.45, 2.75) is 56.7 Å². The second-order valence-electron chi connectivity index (χ2n) is 8.49. The van der Waals surface area contributed by atoms with Crippen LogP contribution in [0, 0.1) is 11.3 Å². The summed E-state index contributed by atoms with van der Waals surface area (Å²) in [5.41, 5.74) is 8.52. The Morgan fingerprint density at radius 1 is 1.09 bits per heavy atom. The number of amides is 1. The van der Waals surface area contributed by atoms with Gasteiger partial charge in [-0.25, -0.2) is 14.5 Å². The van der Waals surface area contributed by atoms with E-state index in [1.54, 1.807) is 10.6 Å². The number of anilines is 3. The lowest BCUT2D eigenvalue weighted by molar-refractivity contribution is 0.102. The van der Waals surface area contributed by atoms with Gasteiger partial charge in [0, 0.05) is 36.1 Å². The summed E-state index contributed by atoms with van der Waals surface area (Å²) < 4.78 is 1.57. The van der Waals surface area contributed by atoms with Gasteiger partial charge in [-0.15, -0.1) is 5.10 Å². The number of nitrogens with one attached hydrogen (secondary N) is 3. The molecule has 3 heterocycles. The highest BCUT2D eigenvalue weighted by Crippen LogP contribution is 2.29. The van der Waals surface area contributed by atoms with E-state index < -0.39 is 0 Å². The predicted octanol–water partition coefficient (Wildman–Crippen LogP) is 2.50. The van der Waals surface area contributed by atoms with Gasteiger partial charge in [0.25, 0.3) is 5.91 Å². The molecule has 0 unspecified atom stereocenters. The predicted molar refractivity (Wildman–Crippen MR) is 120 cm³/mol. The molecule has 164 valence electrons. The third-order valence-corrected chi connectivity index (χ3v) is 5.89. The Labute approximate surface area is 185 Å². The molecule has 0 aromatic carbocycles. The smallest absolute Gasteiger partial charge is 0.276 e. The fourth-order valence-electron chi connectivity index (χ4n) is 3.98. The fourth-order valence-corrected chi connectivity index (χ4v) is 3.98. The summed E-state index contributed by atoms with van der Waals surface area (Å²) in [4.78, 5) is 21.4. The molecule has 3 aromatic rings. The van der Waals surface area contributed by atoms with E-state index in [2.05, 4.69) is 31.0 Å². The van der Waals surface area contributed by atoms with Gasteiger partial charge in [0.2, 0.25) is 0 Å². The van der Waals surface area contributed by atoms with Crippen LogP contribution in [0.1, 0.15) is 54.7 Å². The summed E-state index contributed by atoms with van der Waals surface area (Å²) in [5, 5.41) is 23.5. The Hall–Kier alpha value is -3.71. The summed E-state index contributed by atoms with van der Waals surface area (Å²) in [6, 6.07) is 8.10. The van der Waals surface area contributed by atoms with Crippen LogP contribution < -0.4 is 21.7 Å². The minimum atomic E-state index is -0.363. The van der Waals surface area contributed by atoms with Gasteiger partial charge in [-0.1, -0.05) is 0 Å². The molecule has 2 fully saturated rings. The Balaban J connectivity index is 1.44. The molecule has 3 aromatic heterocycles. The van der Waals surface area contributed by atoms with E-state index in [-0.39, 0.29) is 17.6 Å². The van der Waals surface area contributed by atoms with Crippen LogP contribution in [0.25, 0.3) is 5.65 Å². The monoisotopic (exact) mass is 431 g/mol.